The highest BCUT2D eigenvalue weighted by atomic mass is 16.4. The molecule has 1 aliphatic carbocycles. The van der Waals surface area contributed by atoms with Gasteiger partial charge in [-0.2, -0.15) is 0 Å². The van der Waals surface area contributed by atoms with Crippen LogP contribution in [0.5, 0.6) is 0 Å². The molecular weight excluding hydrogens is 304 g/mol. The van der Waals surface area contributed by atoms with E-state index in [0.29, 0.717) is 25.9 Å². The monoisotopic (exact) mass is 330 g/mol. The molecule has 0 saturated carbocycles. The summed E-state index contributed by atoms with van der Waals surface area (Å²) in [5, 5.41) is 12.1. The average molecular weight is 330 g/mol. The molecule has 0 spiro atoms. The minimum absolute atomic E-state index is 0.0399. The number of nitrogens with one attached hydrogen (secondary N) is 1. The number of aryl methyl sites for hydroxylation is 2. The van der Waals surface area contributed by atoms with Crippen molar-refractivity contribution < 1.29 is 14.7 Å². The summed E-state index contributed by atoms with van der Waals surface area (Å²) < 4.78 is 0. The second-order valence-corrected chi connectivity index (χ2v) is 7.01. The number of carbonyl (C=O) groups excluding carboxylic acids is 1. The Labute approximate surface area is 143 Å². The van der Waals surface area contributed by atoms with Gasteiger partial charge in [-0.15, -0.1) is 0 Å². The number of carbonyl (C=O) groups is 2. The van der Waals surface area contributed by atoms with Crippen molar-refractivity contribution >= 4 is 12.0 Å². The Morgan fingerprint density at radius 3 is 2.50 bits per heavy atom. The van der Waals surface area contributed by atoms with Crippen LogP contribution in [0.15, 0.2) is 18.2 Å². The summed E-state index contributed by atoms with van der Waals surface area (Å²) >= 11 is 0. The van der Waals surface area contributed by atoms with E-state index in [1.54, 1.807) is 4.90 Å². The zero-order valence-corrected chi connectivity index (χ0v) is 14.3. The number of nitrogens with zero attached hydrogens (tertiary/aromatic N) is 1. The predicted molar refractivity (Wildman–Crippen MR) is 92.0 cm³/mol. The minimum atomic E-state index is -0.752. The number of benzene rings is 1. The first kappa shape index (κ1) is 16.8. The summed E-state index contributed by atoms with van der Waals surface area (Å²) in [6.45, 7) is 3.03. The van der Waals surface area contributed by atoms with Gasteiger partial charge in [0, 0.05) is 13.1 Å². The third-order valence-electron chi connectivity index (χ3n) is 5.34. The lowest BCUT2D eigenvalue weighted by atomic mass is 9.89. The number of hydrogen-bond donors (Lipinski definition) is 2. The van der Waals surface area contributed by atoms with Gasteiger partial charge in [0.15, 0.2) is 0 Å². The Morgan fingerprint density at radius 1 is 1.17 bits per heavy atom. The highest BCUT2D eigenvalue weighted by Gasteiger charge is 2.27. The molecule has 3 rings (SSSR count). The molecule has 2 N–H and O–H groups in total. The maximum Gasteiger partial charge on any atom is 0.317 e. The van der Waals surface area contributed by atoms with E-state index in [1.807, 2.05) is 6.92 Å². The van der Waals surface area contributed by atoms with Crippen molar-refractivity contribution in [2.24, 2.45) is 5.92 Å². The molecule has 5 nitrogen and oxygen atoms in total. The number of hydrogen-bond acceptors (Lipinski definition) is 2. The van der Waals surface area contributed by atoms with Gasteiger partial charge in [-0.05, 0) is 62.1 Å². The first-order chi connectivity index (χ1) is 11.5. The van der Waals surface area contributed by atoms with Crippen LogP contribution in [0, 0.1) is 5.92 Å². The minimum Gasteiger partial charge on any atom is -0.481 e. The van der Waals surface area contributed by atoms with Gasteiger partial charge in [-0.3, -0.25) is 4.79 Å². The molecule has 1 unspecified atom stereocenters. The van der Waals surface area contributed by atoms with Crippen molar-refractivity contribution in [3.63, 3.8) is 0 Å². The lowest BCUT2D eigenvalue weighted by Gasteiger charge is -2.31. The van der Waals surface area contributed by atoms with Crippen molar-refractivity contribution in [2.75, 3.05) is 13.1 Å². The lowest BCUT2D eigenvalue weighted by molar-refractivity contribution is -0.143. The van der Waals surface area contributed by atoms with Crippen LogP contribution in [0.3, 0.4) is 0 Å². The first-order valence-electron chi connectivity index (χ1n) is 8.94. The van der Waals surface area contributed by atoms with Crippen LogP contribution in [-0.4, -0.2) is 35.1 Å². The third-order valence-corrected chi connectivity index (χ3v) is 5.34. The van der Waals surface area contributed by atoms with Gasteiger partial charge in [0.1, 0.15) is 0 Å². The molecule has 0 bridgehead atoms. The van der Waals surface area contributed by atoms with Crippen molar-refractivity contribution in [3.8, 4) is 0 Å². The average Bonchev–Trinajstić information content (AvgIpc) is 2.61. The second kappa shape index (κ2) is 7.24. The Bertz CT molecular complexity index is 621. The van der Waals surface area contributed by atoms with Crippen molar-refractivity contribution in [3.05, 3.63) is 34.9 Å². The van der Waals surface area contributed by atoms with Crippen LogP contribution in [0.25, 0.3) is 0 Å². The number of fused-ring (bicyclic) bond motifs is 1. The molecule has 1 atom stereocenters. The third kappa shape index (κ3) is 3.71. The van der Waals surface area contributed by atoms with Gasteiger partial charge >= 0.3 is 12.0 Å². The maximum atomic E-state index is 12.4. The summed E-state index contributed by atoms with van der Waals surface area (Å²) in [5.74, 6) is -1.07. The number of carboxylic acids is 1. The van der Waals surface area contributed by atoms with Crippen LogP contribution in [-0.2, 0) is 17.6 Å². The van der Waals surface area contributed by atoms with Crippen molar-refractivity contribution in [1.82, 2.24) is 10.2 Å². The molecule has 130 valence electrons. The number of amides is 2. The number of rotatable bonds is 3. The van der Waals surface area contributed by atoms with E-state index in [0.717, 1.165) is 18.4 Å². The topological polar surface area (TPSA) is 69.6 Å². The second-order valence-electron chi connectivity index (χ2n) is 7.01. The zero-order chi connectivity index (χ0) is 17.1. The van der Waals surface area contributed by atoms with Gasteiger partial charge < -0.3 is 15.3 Å². The summed E-state index contributed by atoms with van der Waals surface area (Å²) in [6.07, 6.45) is 5.88. The largest absolute Gasteiger partial charge is 0.481 e. The summed E-state index contributed by atoms with van der Waals surface area (Å²) in [7, 11) is 0. The number of likely N-dealkylation sites (tertiary alicyclic amines) is 1. The van der Waals surface area contributed by atoms with Crippen LogP contribution in [0.1, 0.15) is 55.3 Å². The predicted octanol–water partition coefficient (Wildman–Crippen LogP) is 3.13. The fraction of sp³-hybridized carbons (Fsp3) is 0.579. The van der Waals surface area contributed by atoms with E-state index in [2.05, 4.69) is 23.5 Å². The molecule has 1 heterocycles. The standard InChI is InChI=1S/C19H26N2O3/c1-13(16-7-6-14-4-2-3-5-17(14)12-16)20-19(24)21-10-8-15(9-11-21)18(22)23/h6-7,12-13,15H,2-5,8-11H2,1H3,(H,20,24)(H,22,23). The summed E-state index contributed by atoms with van der Waals surface area (Å²) in [4.78, 5) is 25.1. The van der Waals surface area contributed by atoms with Crippen molar-refractivity contribution in [2.45, 2.75) is 51.5 Å². The normalized spacial score (nSPS) is 19.5. The number of carboxylic acid groups (broad SMARTS) is 1. The molecular formula is C19H26N2O3. The van der Waals surface area contributed by atoms with Gasteiger partial charge in [0.25, 0.3) is 0 Å². The van der Waals surface area contributed by atoms with Gasteiger partial charge in [0.2, 0.25) is 0 Å². The SMILES string of the molecule is CC(NC(=O)N1CCC(C(=O)O)CC1)c1ccc2c(c1)CCCC2. The van der Waals surface area contributed by atoms with Crippen LogP contribution < -0.4 is 5.32 Å². The Balaban J connectivity index is 1.57. The van der Waals surface area contributed by atoms with Crippen LogP contribution in [0.2, 0.25) is 0 Å². The fourth-order valence-corrected chi connectivity index (χ4v) is 3.71. The Kier molecular flexibility index (Phi) is 5.07. The number of piperidine rings is 1. The lowest BCUT2D eigenvalue weighted by Crippen LogP contribution is -2.46. The Hall–Kier alpha value is -2.04. The highest BCUT2D eigenvalue weighted by Crippen LogP contribution is 2.25. The zero-order valence-electron chi connectivity index (χ0n) is 14.3. The van der Waals surface area contributed by atoms with Crippen LogP contribution in [0.4, 0.5) is 4.79 Å². The van der Waals surface area contributed by atoms with E-state index in [4.69, 9.17) is 5.11 Å². The summed E-state index contributed by atoms with van der Waals surface area (Å²) in [5.41, 5.74) is 4.01. The molecule has 0 aromatic heterocycles. The molecule has 1 aromatic carbocycles. The van der Waals surface area contributed by atoms with Gasteiger partial charge in [0.05, 0.1) is 12.0 Å². The molecule has 2 aliphatic rings. The first-order valence-corrected chi connectivity index (χ1v) is 8.94. The van der Waals surface area contributed by atoms with E-state index in [-0.39, 0.29) is 18.0 Å². The van der Waals surface area contributed by atoms with E-state index < -0.39 is 5.97 Å². The molecule has 5 heteroatoms. The van der Waals surface area contributed by atoms with Crippen molar-refractivity contribution in [1.29, 1.82) is 0 Å². The molecule has 1 fully saturated rings. The number of aliphatic carboxylic acids is 1. The summed E-state index contributed by atoms with van der Waals surface area (Å²) in [6, 6.07) is 6.41. The molecule has 0 radical (unpaired) electrons. The molecule has 24 heavy (non-hydrogen) atoms. The number of urea groups is 1. The highest BCUT2D eigenvalue weighted by molar-refractivity contribution is 5.75. The van der Waals surface area contributed by atoms with E-state index in [1.165, 1.54) is 24.0 Å². The quantitative estimate of drug-likeness (QED) is 0.894. The molecule has 1 aliphatic heterocycles. The Morgan fingerprint density at radius 2 is 1.83 bits per heavy atom. The van der Waals surface area contributed by atoms with Gasteiger partial charge in [-0.25, -0.2) is 4.79 Å². The molecule has 1 aromatic rings. The van der Waals surface area contributed by atoms with Crippen LogP contribution >= 0.6 is 0 Å². The maximum absolute atomic E-state index is 12.4. The molecule has 1 saturated heterocycles. The fourth-order valence-electron chi connectivity index (χ4n) is 3.71. The molecule has 2 amide bonds. The smallest absolute Gasteiger partial charge is 0.317 e. The van der Waals surface area contributed by atoms with E-state index >= 15 is 0 Å². The van der Waals surface area contributed by atoms with E-state index in [9.17, 15) is 9.59 Å². The van der Waals surface area contributed by atoms with Gasteiger partial charge in [-0.1, -0.05) is 18.2 Å².